The van der Waals surface area contributed by atoms with Crippen LogP contribution in [0.2, 0.25) is 0 Å². The van der Waals surface area contributed by atoms with Gasteiger partial charge in [-0.05, 0) is 18.6 Å². The van der Waals surface area contributed by atoms with Crippen LogP contribution in [0, 0.1) is 6.92 Å². The topological polar surface area (TPSA) is 67.9 Å². The van der Waals surface area contributed by atoms with Gasteiger partial charge in [0.05, 0.1) is 19.1 Å². The molecule has 1 aromatic carbocycles. The molecule has 0 aliphatic carbocycles. The van der Waals surface area contributed by atoms with Crippen LogP contribution in [0.4, 0.5) is 0 Å². The minimum Gasteiger partial charge on any atom is -0.493 e. The molecule has 0 unspecified atom stereocenters. The highest BCUT2D eigenvalue weighted by atomic mass is 35.5. The van der Waals surface area contributed by atoms with Gasteiger partial charge in [-0.15, -0.1) is 12.4 Å². The largest absolute Gasteiger partial charge is 0.493 e. The smallest absolute Gasteiger partial charge is 0.243 e. The van der Waals surface area contributed by atoms with E-state index in [0.717, 1.165) is 0 Å². The molecule has 0 bridgehead atoms. The Hall–Kier alpha value is -1.02. The van der Waals surface area contributed by atoms with Crippen molar-refractivity contribution in [3.8, 4) is 11.5 Å². The number of nitrogens with zero attached hydrogens (tertiary/aromatic N) is 1. The van der Waals surface area contributed by atoms with Crippen LogP contribution in [0.15, 0.2) is 17.0 Å². The number of sulfonamides is 1. The van der Waals surface area contributed by atoms with E-state index in [4.69, 9.17) is 9.47 Å². The number of nitrogens with one attached hydrogen (secondary N) is 1. The van der Waals surface area contributed by atoms with Crippen LogP contribution in [0.3, 0.4) is 0 Å². The molecule has 0 aromatic heterocycles. The molecular formula is C13H21ClN2O4S. The summed E-state index contributed by atoms with van der Waals surface area (Å²) in [5.74, 6) is 0.939. The van der Waals surface area contributed by atoms with Gasteiger partial charge in [0.1, 0.15) is 0 Å². The number of hydrogen-bond donors (Lipinski definition) is 1. The molecular weight excluding hydrogens is 316 g/mol. The molecule has 6 nitrogen and oxygen atoms in total. The fourth-order valence-electron chi connectivity index (χ4n) is 2.12. The Morgan fingerprint density at radius 2 is 1.71 bits per heavy atom. The van der Waals surface area contributed by atoms with Gasteiger partial charge in [-0.1, -0.05) is 0 Å². The summed E-state index contributed by atoms with van der Waals surface area (Å²) in [6.45, 7) is 3.12. The molecule has 1 aliphatic heterocycles. The second-order valence-electron chi connectivity index (χ2n) is 4.81. The van der Waals surface area contributed by atoms with Crippen LogP contribution < -0.4 is 14.8 Å². The molecule has 0 saturated carbocycles. The highest BCUT2D eigenvalue weighted by Crippen LogP contribution is 2.33. The summed E-state index contributed by atoms with van der Waals surface area (Å²) < 4.78 is 37.1. The van der Waals surface area contributed by atoms with Gasteiger partial charge >= 0.3 is 0 Å². The maximum absolute atomic E-state index is 12.7. The van der Waals surface area contributed by atoms with E-state index >= 15 is 0 Å². The van der Waals surface area contributed by atoms with E-state index in [1.54, 1.807) is 20.0 Å². The summed E-state index contributed by atoms with van der Waals surface area (Å²) in [5, 5.41) is 3.07. The van der Waals surface area contributed by atoms with E-state index in [1.807, 2.05) is 0 Å². The van der Waals surface area contributed by atoms with Crippen LogP contribution >= 0.6 is 12.4 Å². The van der Waals surface area contributed by atoms with Crippen molar-refractivity contribution in [2.24, 2.45) is 0 Å². The minimum absolute atomic E-state index is 0. The summed E-state index contributed by atoms with van der Waals surface area (Å²) in [7, 11) is 1.09. The number of benzene rings is 1. The molecule has 1 aliphatic rings. The molecule has 1 heterocycles. The van der Waals surface area contributed by atoms with Crippen molar-refractivity contribution in [3.05, 3.63) is 17.7 Å². The van der Waals surface area contributed by atoms with Crippen molar-refractivity contribution in [3.63, 3.8) is 0 Å². The molecule has 2 rings (SSSR count). The molecule has 1 aromatic rings. The standard InChI is InChI=1S/C13H20N2O4S.ClH/c1-9-5-11(18-3)12(19-4)6-13(9)20(16,17)15(2)10-7-14-8-10;/h5-6,10,14H,7-8H2,1-4H3;1H. The molecule has 1 saturated heterocycles. The van der Waals surface area contributed by atoms with Crippen LogP contribution in [0.25, 0.3) is 0 Å². The van der Waals surface area contributed by atoms with Crippen molar-refractivity contribution in [2.45, 2.75) is 17.9 Å². The van der Waals surface area contributed by atoms with E-state index in [1.165, 1.54) is 24.6 Å². The lowest BCUT2D eigenvalue weighted by Gasteiger charge is -2.35. The van der Waals surface area contributed by atoms with Gasteiger partial charge < -0.3 is 14.8 Å². The van der Waals surface area contributed by atoms with Crippen LogP contribution in [-0.4, -0.2) is 53.1 Å². The zero-order valence-corrected chi connectivity index (χ0v) is 14.2. The lowest BCUT2D eigenvalue weighted by Crippen LogP contribution is -2.57. The fourth-order valence-corrected chi connectivity index (χ4v) is 3.70. The Kier molecular flexibility index (Phi) is 5.86. The predicted molar refractivity (Wildman–Crippen MR) is 83.1 cm³/mol. The first-order chi connectivity index (χ1) is 9.41. The van der Waals surface area contributed by atoms with Crippen molar-refractivity contribution in [1.82, 2.24) is 9.62 Å². The average Bonchev–Trinajstić information content (AvgIpc) is 2.35. The Labute approximate surface area is 131 Å². The molecule has 1 N–H and O–H groups in total. The van der Waals surface area contributed by atoms with E-state index < -0.39 is 10.0 Å². The Morgan fingerprint density at radius 3 is 2.14 bits per heavy atom. The van der Waals surface area contributed by atoms with Gasteiger partial charge in [0.15, 0.2) is 11.5 Å². The summed E-state index contributed by atoms with van der Waals surface area (Å²) in [6.07, 6.45) is 0. The number of hydrogen-bond acceptors (Lipinski definition) is 5. The third-order valence-corrected chi connectivity index (χ3v) is 5.66. The summed E-state index contributed by atoms with van der Waals surface area (Å²) in [5.41, 5.74) is 0.641. The first kappa shape index (κ1) is 18.0. The SMILES string of the molecule is COc1cc(C)c(S(=O)(=O)N(C)C2CNC2)cc1OC.Cl. The average molecular weight is 337 g/mol. The lowest BCUT2D eigenvalue weighted by atomic mass is 10.2. The predicted octanol–water partition coefficient (Wildman–Crippen LogP) is 1.03. The molecule has 21 heavy (non-hydrogen) atoms. The van der Waals surface area contributed by atoms with Crippen molar-refractivity contribution < 1.29 is 17.9 Å². The fraction of sp³-hybridized carbons (Fsp3) is 0.538. The van der Waals surface area contributed by atoms with E-state index in [2.05, 4.69) is 5.32 Å². The maximum atomic E-state index is 12.7. The summed E-state index contributed by atoms with van der Waals surface area (Å²) in [4.78, 5) is 0.254. The number of ether oxygens (including phenoxy) is 2. The number of halogens is 1. The molecule has 120 valence electrons. The van der Waals surface area contributed by atoms with Crippen molar-refractivity contribution in [2.75, 3.05) is 34.4 Å². The first-order valence-electron chi connectivity index (χ1n) is 6.33. The van der Waals surface area contributed by atoms with Gasteiger partial charge in [0.25, 0.3) is 0 Å². The summed E-state index contributed by atoms with van der Waals surface area (Å²) in [6, 6.07) is 3.21. The van der Waals surface area contributed by atoms with Gasteiger partial charge in [-0.3, -0.25) is 0 Å². The number of rotatable bonds is 5. The quantitative estimate of drug-likeness (QED) is 0.869. The van der Waals surface area contributed by atoms with Crippen molar-refractivity contribution >= 4 is 22.4 Å². The number of likely N-dealkylation sites (N-methyl/N-ethyl adjacent to an activating group) is 1. The highest BCUT2D eigenvalue weighted by molar-refractivity contribution is 7.89. The Balaban J connectivity index is 0.00000220. The van der Waals surface area contributed by atoms with Crippen molar-refractivity contribution in [1.29, 1.82) is 0 Å². The molecule has 0 atom stereocenters. The molecule has 8 heteroatoms. The third-order valence-electron chi connectivity index (χ3n) is 3.61. The normalized spacial score (nSPS) is 15.3. The summed E-state index contributed by atoms with van der Waals surface area (Å²) >= 11 is 0. The Bertz CT molecular complexity index is 602. The molecule has 1 fully saturated rings. The maximum Gasteiger partial charge on any atom is 0.243 e. The third kappa shape index (κ3) is 3.26. The van der Waals surface area contributed by atoms with Gasteiger partial charge in [-0.2, -0.15) is 4.31 Å². The van der Waals surface area contributed by atoms with E-state index in [9.17, 15) is 8.42 Å². The lowest BCUT2D eigenvalue weighted by molar-refractivity contribution is 0.274. The number of aryl methyl sites for hydroxylation is 1. The second-order valence-corrected chi connectivity index (χ2v) is 6.77. The van der Waals surface area contributed by atoms with E-state index in [-0.39, 0.29) is 23.3 Å². The zero-order chi connectivity index (χ0) is 14.9. The van der Waals surface area contributed by atoms with Gasteiger partial charge in [-0.25, -0.2) is 8.42 Å². The molecule has 0 amide bonds. The molecule has 0 spiro atoms. The second kappa shape index (κ2) is 6.83. The number of methoxy groups -OCH3 is 2. The highest BCUT2D eigenvalue weighted by Gasteiger charge is 2.33. The minimum atomic E-state index is -3.53. The van der Waals surface area contributed by atoms with Crippen LogP contribution in [0.1, 0.15) is 5.56 Å². The van der Waals surface area contributed by atoms with E-state index in [0.29, 0.717) is 30.2 Å². The zero-order valence-electron chi connectivity index (χ0n) is 12.5. The van der Waals surface area contributed by atoms with Crippen LogP contribution in [-0.2, 0) is 10.0 Å². The van der Waals surface area contributed by atoms with Gasteiger partial charge in [0.2, 0.25) is 10.0 Å². The van der Waals surface area contributed by atoms with Crippen LogP contribution in [0.5, 0.6) is 11.5 Å². The van der Waals surface area contributed by atoms with Gasteiger partial charge in [0, 0.05) is 32.2 Å². The monoisotopic (exact) mass is 336 g/mol. The Morgan fingerprint density at radius 1 is 1.19 bits per heavy atom. The first-order valence-corrected chi connectivity index (χ1v) is 7.77. The molecule has 0 radical (unpaired) electrons.